The summed E-state index contributed by atoms with van der Waals surface area (Å²) in [6.07, 6.45) is 0.685. The molecule has 0 aromatic heterocycles. The highest BCUT2D eigenvalue weighted by molar-refractivity contribution is 7.93. The minimum absolute atomic E-state index is 0.229. The fourth-order valence-corrected chi connectivity index (χ4v) is 4.80. The highest BCUT2D eigenvalue weighted by atomic mass is 32.2. The van der Waals surface area contributed by atoms with E-state index in [-0.39, 0.29) is 17.3 Å². The van der Waals surface area contributed by atoms with Crippen molar-refractivity contribution in [3.05, 3.63) is 48.0 Å². The zero-order valence-electron chi connectivity index (χ0n) is 15.6. The van der Waals surface area contributed by atoms with Crippen molar-refractivity contribution in [1.82, 2.24) is 5.32 Å². The minimum Gasteiger partial charge on any atom is -0.382 e. The lowest BCUT2D eigenvalue weighted by Gasteiger charge is -2.31. The maximum absolute atomic E-state index is 13.1. The van der Waals surface area contributed by atoms with E-state index >= 15 is 0 Å². The normalized spacial score (nSPS) is 14.4. The summed E-state index contributed by atoms with van der Waals surface area (Å²) in [7, 11) is -3.80. The second kappa shape index (κ2) is 8.10. The first kappa shape index (κ1) is 19.4. The van der Waals surface area contributed by atoms with E-state index in [9.17, 15) is 13.2 Å². The summed E-state index contributed by atoms with van der Waals surface area (Å²) in [5, 5.41) is 2.77. The Morgan fingerprint density at radius 3 is 2.70 bits per heavy atom. The Balaban J connectivity index is 1.86. The van der Waals surface area contributed by atoms with Crippen LogP contribution in [-0.2, 0) is 19.6 Å². The van der Waals surface area contributed by atoms with Gasteiger partial charge in [-0.1, -0.05) is 29.8 Å². The lowest BCUT2D eigenvalue weighted by molar-refractivity contribution is -0.119. The summed E-state index contributed by atoms with van der Waals surface area (Å²) in [4.78, 5) is 12.6. The number of carbonyl (C=O) groups excluding carboxylic acids is 1. The van der Waals surface area contributed by atoms with Crippen molar-refractivity contribution in [2.45, 2.75) is 25.2 Å². The third kappa shape index (κ3) is 3.99. The second-order valence-electron chi connectivity index (χ2n) is 6.43. The van der Waals surface area contributed by atoms with Gasteiger partial charge in [0.05, 0.1) is 10.6 Å². The average Bonchev–Trinajstić information content (AvgIpc) is 2.65. The molecule has 1 aliphatic rings. The summed E-state index contributed by atoms with van der Waals surface area (Å²) in [6, 6.07) is 12.5. The Morgan fingerprint density at radius 1 is 1.15 bits per heavy atom. The van der Waals surface area contributed by atoms with Crippen LogP contribution in [0.15, 0.2) is 47.4 Å². The zero-order chi connectivity index (χ0) is 19.4. The van der Waals surface area contributed by atoms with Crippen LogP contribution >= 0.6 is 0 Å². The molecule has 6 nitrogen and oxygen atoms in total. The molecule has 1 heterocycles. The van der Waals surface area contributed by atoms with E-state index in [1.54, 1.807) is 24.3 Å². The van der Waals surface area contributed by atoms with Crippen LogP contribution in [0.1, 0.15) is 18.9 Å². The molecule has 1 N–H and O–H groups in total. The molecule has 0 spiro atoms. The Hall–Kier alpha value is -2.38. The summed E-state index contributed by atoms with van der Waals surface area (Å²) < 4.78 is 32.7. The van der Waals surface area contributed by atoms with E-state index in [2.05, 4.69) is 5.32 Å². The fourth-order valence-electron chi connectivity index (χ4n) is 3.15. The van der Waals surface area contributed by atoms with Gasteiger partial charge in [0.25, 0.3) is 10.0 Å². The van der Waals surface area contributed by atoms with Crippen LogP contribution in [0.4, 0.5) is 5.69 Å². The molecule has 0 bridgehead atoms. The Kier molecular flexibility index (Phi) is 5.82. The molecule has 0 saturated heterocycles. The van der Waals surface area contributed by atoms with E-state index in [4.69, 9.17) is 4.74 Å². The number of nitrogens with one attached hydrogen (secondary N) is 1. The maximum atomic E-state index is 13.1. The van der Waals surface area contributed by atoms with Gasteiger partial charge in [-0.3, -0.25) is 9.10 Å². The predicted octanol–water partition coefficient (Wildman–Crippen LogP) is 2.71. The van der Waals surface area contributed by atoms with Crippen molar-refractivity contribution < 1.29 is 17.9 Å². The van der Waals surface area contributed by atoms with Gasteiger partial charge in [-0.25, -0.2) is 8.42 Å². The smallest absolute Gasteiger partial charge is 0.265 e. The average molecular weight is 388 g/mol. The fraction of sp³-hybridized carbons (Fsp3) is 0.350. The SMILES string of the molecule is CCOCCCNC(=O)CN1c2ccc(C)cc2-c2ccccc2S1(=O)=O. The first-order chi connectivity index (χ1) is 12.9. The summed E-state index contributed by atoms with van der Waals surface area (Å²) in [5.41, 5.74) is 3.06. The van der Waals surface area contributed by atoms with Crippen LogP contribution in [0.5, 0.6) is 0 Å². The summed E-state index contributed by atoms with van der Waals surface area (Å²) in [6.45, 7) is 5.27. The zero-order valence-corrected chi connectivity index (χ0v) is 16.4. The first-order valence-electron chi connectivity index (χ1n) is 9.02. The van der Waals surface area contributed by atoms with Crippen molar-refractivity contribution in [2.24, 2.45) is 0 Å². The van der Waals surface area contributed by atoms with Crippen LogP contribution in [0.3, 0.4) is 0 Å². The Bertz CT molecular complexity index is 941. The lowest BCUT2D eigenvalue weighted by atomic mass is 10.0. The number of amides is 1. The Morgan fingerprint density at radius 2 is 1.93 bits per heavy atom. The number of sulfonamides is 1. The molecule has 2 aromatic carbocycles. The van der Waals surface area contributed by atoms with E-state index in [0.717, 1.165) is 11.1 Å². The number of nitrogens with zero attached hydrogens (tertiary/aromatic N) is 1. The van der Waals surface area contributed by atoms with Crippen LogP contribution in [0, 0.1) is 6.92 Å². The highest BCUT2D eigenvalue weighted by Crippen LogP contribution is 2.43. The van der Waals surface area contributed by atoms with Gasteiger partial charge < -0.3 is 10.1 Å². The van der Waals surface area contributed by atoms with Crippen LogP contribution in [-0.4, -0.2) is 40.6 Å². The molecule has 0 atom stereocenters. The van der Waals surface area contributed by atoms with Crippen LogP contribution < -0.4 is 9.62 Å². The third-order valence-electron chi connectivity index (χ3n) is 4.44. The van der Waals surface area contributed by atoms with Gasteiger partial charge in [0.2, 0.25) is 5.91 Å². The molecule has 0 radical (unpaired) electrons. The summed E-state index contributed by atoms with van der Waals surface area (Å²) in [5.74, 6) is -0.332. The molecule has 2 aromatic rings. The molecule has 0 saturated carbocycles. The number of hydrogen-bond acceptors (Lipinski definition) is 4. The van der Waals surface area contributed by atoms with Gasteiger partial charge in [0.1, 0.15) is 6.54 Å². The van der Waals surface area contributed by atoms with Crippen molar-refractivity contribution in [3.63, 3.8) is 0 Å². The summed E-state index contributed by atoms with van der Waals surface area (Å²) >= 11 is 0. The van der Waals surface area contributed by atoms with Gasteiger partial charge >= 0.3 is 0 Å². The largest absolute Gasteiger partial charge is 0.382 e. The van der Waals surface area contributed by atoms with E-state index in [1.807, 2.05) is 32.0 Å². The van der Waals surface area contributed by atoms with Crippen LogP contribution in [0.25, 0.3) is 11.1 Å². The van der Waals surface area contributed by atoms with Gasteiger partial charge in [0, 0.05) is 30.9 Å². The molecule has 0 unspecified atom stereocenters. The molecule has 1 aliphatic heterocycles. The molecular formula is C20H24N2O4S. The number of rotatable bonds is 7. The molecule has 3 rings (SSSR count). The maximum Gasteiger partial charge on any atom is 0.265 e. The number of benzene rings is 2. The van der Waals surface area contributed by atoms with E-state index < -0.39 is 10.0 Å². The molecule has 144 valence electrons. The third-order valence-corrected chi connectivity index (χ3v) is 6.26. The predicted molar refractivity (Wildman–Crippen MR) is 105 cm³/mol. The van der Waals surface area contributed by atoms with Gasteiger partial charge in [-0.15, -0.1) is 0 Å². The number of hydrogen-bond donors (Lipinski definition) is 1. The lowest BCUT2D eigenvalue weighted by Crippen LogP contribution is -2.42. The minimum atomic E-state index is -3.80. The van der Waals surface area contributed by atoms with Crippen molar-refractivity contribution in [3.8, 4) is 11.1 Å². The van der Waals surface area contributed by atoms with Crippen molar-refractivity contribution in [2.75, 3.05) is 30.6 Å². The first-order valence-corrected chi connectivity index (χ1v) is 10.5. The molecule has 0 fully saturated rings. The van der Waals surface area contributed by atoms with Gasteiger partial charge in [0.15, 0.2) is 0 Å². The van der Waals surface area contributed by atoms with Crippen LogP contribution in [0.2, 0.25) is 0 Å². The van der Waals surface area contributed by atoms with Gasteiger partial charge in [-0.2, -0.15) is 0 Å². The highest BCUT2D eigenvalue weighted by Gasteiger charge is 2.35. The number of ether oxygens (including phenoxy) is 1. The van der Waals surface area contributed by atoms with E-state index in [1.165, 1.54) is 4.31 Å². The number of anilines is 1. The molecule has 7 heteroatoms. The second-order valence-corrected chi connectivity index (χ2v) is 8.26. The quantitative estimate of drug-likeness (QED) is 0.740. The van der Waals surface area contributed by atoms with Gasteiger partial charge in [-0.05, 0) is 38.5 Å². The number of aryl methyl sites for hydroxylation is 1. The monoisotopic (exact) mass is 388 g/mol. The van der Waals surface area contributed by atoms with Crippen molar-refractivity contribution in [1.29, 1.82) is 0 Å². The van der Waals surface area contributed by atoms with E-state index in [0.29, 0.717) is 37.4 Å². The Labute approximate surface area is 160 Å². The number of carbonyl (C=O) groups is 1. The molecule has 0 aliphatic carbocycles. The topological polar surface area (TPSA) is 75.7 Å². The molecular weight excluding hydrogens is 364 g/mol. The number of fused-ring (bicyclic) bond motifs is 3. The molecule has 27 heavy (non-hydrogen) atoms. The van der Waals surface area contributed by atoms with Crippen molar-refractivity contribution >= 4 is 21.6 Å². The standard InChI is InChI=1S/C20H24N2O4S/c1-3-26-12-6-11-21-20(23)14-22-18-10-9-15(2)13-17(18)16-7-4-5-8-19(16)27(22,24)25/h4-5,7-10,13H,3,6,11-12,14H2,1-2H3,(H,21,23). The molecule has 1 amide bonds.